The van der Waals surface area contributed by atoms with Crippen LogP contribution in [0.4, 0.5) is 4.39 Å². The Morgan fingerprint density at radius 2 is 2.00 bits per heavy atom. The predicted octanol–water partition coefficient (Wildman–Crippen LogP) is 3.64. The van der Waals surface area contributed by atoms with Gasteiger partial charge in [0.05, 0.1) is 0 Å². The first-order chi connectivity index (χ1) is 11.5. The standard InChI is InChI=1S/C19H22FN3O/c1-13(2)19(24)23-11-3-4-15(12-23)17-9-10-21-18(22-17)14-5-7-16(20)8-6-14/h5-10,13,15H,3-4,11-12H2,1-2H3/t15-/m1/s1. The Hall–Kier alpha value is -2.30. The van der Waals surface area contributed by atoms with Crippen molar-refractivity contribution < 1.29 is 9.18 Å². The predicted molar refractivity (Wildman–Crippen MR) is 90.8 cm³/mol. The molecule has 0 unspecified atom stereocenters. The number of rotatable bonds is 3. The van der Waals surface area contributed by atoms with Gasteiger partial charge in [-0.2, -0.15) is 0 Å². The maximum Gasteiger partial charge on any atom is 0.225 e. The molecule has 1 amide bonds. The minimum absolute atomic E-state index is 0.0175. The lowest BCUT2D eigenvalue weighted by atomic mass is 9.93. The first-order valence-electron chi connectivity index (χ1n) is 8.42. The SMILES string of the molecule is CC(C)C(=O)N1CCC[C@@H](c2ccnc(-c3ccc(F)cc3)n2)C1. The van der Waals surface area contributed by atoms with Gasteiger partial charge in [-0.3, -0.25) is 4.79 Å². The van der Waals surface area contributed by atoms with Crippen LogP contribution in [0.25, 0.3) is 11.4 Å². The summed E-state index contributed by atoms with van der Waals surface area (Å²) in [6.07, 6.45) is 3.74. The number of hydrogen-bond donors (Lipinski definition) is 0. The number of aromatic nitrogens is 2. The molecule has 1 fully saturated rings. The molecule has 1 aromatic carbocycles. The Morgan fingerprint density at radius 3 is 2.71 bits per heavy atom. The molecule has 126 valence electrons. The topological polar surface area (TPSA) is 46.1 Å². The highest BCUT2D eigenvalue weighted by Gasteiger charge is 2.27. The first kappa shape index (κ1) is 16.6. The third-order valence-corrected chi connectivity index (χ3v) is 4.42. The normalized spacial score (nSPS) is 18.0. The molecule has 2 aromatic rings. The molecule has 1 saturated heterocycles. The minimum Gasteiger partial charge on any atom is -0.342 e. The summed E-state index contributed by atoms with van der Waals surface area (Å²) in [5.41, 5.74) is 1.75. The van der Waals surface area contributed by atoms with E-state index in [1.165, 1.54) is 12.1 Å². The molecule has 1 aromatic heterocycles. The van der Waals surface area contributed by atoms with Crippen LogP contribution >= 0.6 is 0 Å². The second-order valence-electron chi connectivity index (χ2n) is 6.59. The molecule has 5 heteroatoms. The third kappa shape index (κ3) is 3.61. The Bertz CT molecular complexity index is 715. The first-order valence-corrected chi connectivity index (χ1v) is 8.42. The zero-order chi connectivity index (χ0) is 17.1. The van der Waals surface area contributed by atoms with Crippen LogP contribution in [-0.4, -0.2) is 33.9 Å². The van der Waals surface area contributed by atoms with Crippen LogP contribution in [0, 0.1) is 11.7 Å². The smallest absolute Gasteiger partial charge is 0.225 e. The lowest BCUT2D eigenvalue weighted by molar-refractivity contribution is -0.135. The molecular weight excluding hydrogens is 305 g/mol. The van der Waals surface area contributed by atoms with E-state index in [1.807, 2.05) is 24.8 Å². The van der Waals surface area contributed by atoms with Gasteiger partial charge in [0.2, 0.25) is 5.91 Å². The van der Waals surface area contributed by atoms with Gasteiger partial charge in [0.15, 0.2) is 5.82 Å². The molecule has 0 bridgehead atoms. The fourth-order valence-electron chi connectivity index (χ4n) is 3.12. The number of nitrogens with zero attached hydrogens (tertiary/aromatic N) is 3. The van der Waals surface area contributed by atoms with E-state index in [0.29, 0.717) is 12.4 Å². The molecular formula is C19H22FN3O. The van der Waals surface area contributed by atoms with Crippen LogP contribution < -0.4 is 0 Å². The van der Waals surface area contributed by atoms with E-state index in [-0.39, 0.29) is 23.6 Å². The molecule has 0 radical (unpaired) electrons. The van der Waals surface area contributed by atoms with Crippen LogP contribution in [-0.2, 0) is 4.79 Å². The molecule has 1 aliphatic heterocycles. The van der Waals surface area contributed by atoms with Gasteiger partial charge in [-0.15, -0.1) is 0 Å². The second kappa shape index (κ2) is 7.07. The summed E-state index contributed by atoms with van der Waals surface area (Å²) in [7, 11) is 0. The molecule has 4 nitrogen and oxygen atoms in total. The molecule has 0 aliphatic carbocycles. The molecule has 2 heterocycles. The summed E-state index contributed by atoms with van der Waals surface area (Å²) in [6, 6.07) is 8.11. The number of halogens is 1. The Labute approximate surface area is 141 Å². The van der Waals surface area contributed by atoms with Crippen LogP contribution in [0.15, 0.2) is 36.5 Å². The van der Waals surface area contributed by atoms with Crippen LogP contribution in [0.3, 0.4) is 0 Å². The number of carbonyl (C=O) groups is 1. The van der Waals surface area contributed by atoms with E-state index in [4.69, 9.17) is 0 Å². The van der Waals surface area contributed by atoms with Crippen LogP contribution in [0.2, 0.25) is 0 Å². The fourth-order valence-corrected chi connectivity index (χ4v) is 3.12. The third-order valence-electron chi connectivity index (χ3n) is 4.42. The molecule has 0 N–H and O–H groups in total. The number of likely N-dealkylation sites (tertiary alicyclic amines) is 1. The molecule has 1 atom stereocenters. The average Bonchev–Trinajstić information content (AvgIpc) is 2.62. The van der Waals surface area contributed by atoms with E-state index in [1.54, 1.807) is 18.3 Å². The summed E-state index contributed by atoms with van der Waals surface area (Å²) in [5.74, 6) is 0.768. The number of hydrogen-bond acceptors (Lipinski definition) is 3. The van der Waals surface area contributed by atoms with Crippen molar-refractivity contribution in [3.8, 4) is 11.4 Å². The minimum atomic E-state index is -0.273. The maximum atomic E-state index is 13.1. The fraction of sp³-hybridized carbons (Fsp3) is 0.421. The average molecular weight is 327 g/mol. The zero-order valence-electron chi connectivity index (χ0n) is 14.1. The van der Waals surface area contributed by atoms with Crippen LogP contribution in [0.5, 0.6) is 0 Å². The largest absolute Gasteiger partial charge is 0.342 e. The Morgan fingerprint density at radius 1 is 1.25 bits per heavy atom. The van der Waals surface area contributed by atoms with Crippen molar-refractivity contribution in [3.05, 3.63) is 48.0 Å². The van der Waals surface area contributed by atoms with Gasteiger partial charge in [0.1, 0.15) is 5.82 Å². The summed E-state index contributed by atoms with van der Waals surface area (Å²) >= 11 is 0. The highest BCUT2D eigenvalue weighted by molar-refractivity contribution is 5.78. The van der Waals surface area contributed by atoms with Gasteiger partial charge in [0.25, 0.3) is 0 Å². The summed E-state index contributed by atoms with van der Waals surface area (Å²) < 4.78 is 13.1. The number of piperidine rings is 1. The van der Waals surface area contributed by atoms with E-state index in [9.17, 15) is 9.18 Å². The van der Waals surface area contributed by atoms with Gasteiger partial charge in [-0.05, 0) is 43.2 Å². The van der Waals surface area contributed by atoms with Crippen molar-refractivity contribution in [3.63, 3.8) is 0 Å². The summed E-state index contributed by atoms with van der Waals surface area (Å²) in [5, 5.41) is 0. The number of amides is 1. The summed E-state index contributed by atoms with van der Waals surface area (Å²) in [4.78, 5) is 23.2. The monoisotopic (exact) mass is 327 g/mol. The van der Waals surface area contributed by atoms with Crippen molar-refractivity contribution in [2.45, 2.75) is 32.6 Å². The number of benzene rings is 1. The summed E-state index contributed by atoms with van der Waals surface area (Å²) in [6.45, 7) is 5.40. The van der Waals surface area contributed by atoms with E-state index >= 15 is 0 Å². The molecule has 3 rings (SSSR count). The quantitative estimate of drug-likeness (QED) is 0.864. The molecule has 0 saturated carbocycles. The number of carbonyl (C=O) groups excluding carboxylic acids is 1. The van der Waals surface area contributed by atoms with Gasteiger partial charge in [-0.1, -0.05) is 13.8 Å². The van der Waals surface area contributed by atoms with Crippen molar-refractivity contribution in [1.29, 1.82) is 0 Å². The highest BCUT2D eigenvalue weighted by atomic mass is 19.1. The van der Waals surface area contributed by atoms with Gasteiger partial charge < -0.3 is 4.90 Å². The lowest BCUT2D eigenvalue weighted by Crippen LogP contribution is -2.41. The maximum absolute atomic E-state index is 13.1. The second-order valence-corrected chi connectivity index (χ2v) is 6.59. The van der Waals surface area contributed by atoms with Crippen molar-refractivity contribution in [2.75, 3.05) is 13.1 Å². The Balaban J connectivity index is 1.80. The van der Waals surface area contributed by atoms with Gasteiger partial charge >= 0.3 is 0 Å². The van der Waals surface area contributed by atoms with E-state index in [2.05, 4.69) is 9.97 Å². The zero-order valence-corrected chi connectivity index (χ0v) is 14.1. The van der Waals surface area contributed by atoms with Gasteiger partial charge in [0, 0.05) is 42.4 Å². The van der Waals surface area contributed by atoms with E-state index in [0.717, 1.165) is 30.6 Å². The van der Waals surface area contributed by atoms with Crippen molar-refractivity contribution in [2.24, 2.45) is 5.92 Å². The van der Waals surface area contributed by atoms with E-state index < -0.39 is 0 Å². The molecule has 1 aliphatic rings. The van der Waals surface area contributed by atoms with Crippen molar-refractivity contribution >= 4 is 5.91 Å². The highest BCUT2D eigenvalue weighted by Crippen LogP contribution is 2.27. The van der Waals surface area contributed by atoms with Crippen molar-refractivity contribution in [1.82, 2.24) is 14.9 Å². The molecule has 0 spiro atoms. The Kier molecular flexibility index (Phi) is 4.88. The lowest BCUT2D eigenvalue weighted by Gasteiger charge is -2.33. The van der Waals surface area contributed by atoms with Gasteiger partial charge in [-0.25, -0.2) is 14.4 Å². The van der Waals surface area contributed by atoms with Crippen LogP contribution in [0.1, 0.15) is 38.3 Å². The molecule has 24 heavy (non-hydrogen) atoms.